The number of hydrogen-bond acceptors (Lipinski definition) is 2. The quantitative estimate of drug-likeness (QED) is 0.811. The molecule has 4 heteroatoms. The molecule has 4 nitrogen and oxygen atoms in total. The molecule has 0 radical (unpaired) electrons. The number of rotatable bonds is 4. The van der Waals surface area contributed by atoms with Gasteiger partial charge in [0.25, 0.3) is 0 Å². The van der Waals surface area contributed by atoms with Crippen LogP contribution in [0.15, 0.2) is 35.9 Å². The van der Waals surface area contributed by atoms with Crippen LogP contribution in [0.25, 0.3) is 11.0 Å². The van der Waals surface area contributed by atoms with Gasteiger partial charge in [-0.3, -0.25) is 4.79 Å². The first kappa shape index (κ1) is 12.4. The Morgan fingerprint density at radius 3 is 2.94 bits per heavy atom. The summed E-state index contributed by atoms with van der Waals surface area (Å²) in [5.41, 5.74) is 2.65. The van der Waals surface area contributed by atoms with Crippen molar-refractivity contribution < 1.29 is 4.79 Å². The lowest BCUT2D eigenvalue weighted by molar-refractivity contribution is -0.117. The number of H-pyrrole nitrogens is 1. The fourth-order valence-electron chi connectivity index (χ4n) is 1.79. The van der Waals surface area contributed by atoms with Gasteiger partial charge in [-0.05, 0) is 25.5 Å². The highest BCUT2D eigenvalue weighted by atomic mass is 16.1. The fourth-order valence-corrected chi connectivity index (χ4v) is 1.79. The number of nitrogens with one attached hydrogen (secondary N) is 2. The lowest BCUT2D eigenvalue weighted by Crippen LogP contribution is -2.24. The molecule has 2 aromatic rings. The van der Waals surface area contributed by atoms with E-state index in [1.54, 1.807) is 0 Å². The van der Waals surface area contributed by atoms with Crippen LogP contribution in [0, 0.1) is 0 Å². The minimum absolute atomic E-state index is 0.0442. The number of carbonyl (C=O) groups excluding carboxylic acids is 1. The van der Waals surface area contributed by atoms with E-state index in [4.69, 9.17) is 0 Å². The first-order valence-corrected chi connectivity index (χ1v) is 6.09. The van der Waals surface area contributed by atoms with E-state index in [1.165, 1.54) is 0 Å². The number of imidazole rings is 1. The zero-order valence-electron chi connectivity index (χ0n) is 10.7. The topological polar surface area (TPSA) is 57.8 Å². The average Bonchev–Trinajstić information content (AvgIpc) is 2.78. The van der Waals surface area contributed by atoms with Gasteiger partial charge in [-0.1, -0.05) is 25.1 Å². The minimum atomic E-state index is -0.0442. The van der Waals surface area contributed by atoms with Gasteiger partial charge in [0.05, 0.1) is 17.6 Å². The molecule has 2 N–H and O–H groups in total. The molecule has 0 aliphatic carbocycles. The van der Waals surface area contributed by atoms with Crippen molar-refractivity contribution in [1.29, 1.82) is 0 Å². The zero-order chi connectivity index (χ0) is 13.0. The molecule has 0 saturated carbocycles. The summed E-state index contributed by atoms with van der Waals surface area (Å²) < 4.78 is 0. The molecule has 0 aliphatic rings. The van der Waals surface area contributed by atoms with Gasteiger partial charge in [0.2, 0.25) is 5.91 Å². The van der Waals surface area contributed by atoms with Gasteiger partial charge >= 0.3 is 0 Å². The van der Waals surface area contributed by atoms with Crippen LogP contribution in [-0.4, -0.2) is 15.9 Å². The Hall–Kier alpha value is -2.10. The third-order valence-corrected chi connectivity index (χ3v) is 2.72. The van der Waals surface area contributed by atoms with Gasteiger partial charge in [-0.2, -0.15) is 0 Å². The molecular formula is C14H17N3O. The van der Waals surface area contributed by atoms with Gasteiger partial charge in [0.15, 0.2) is 0 Å². The van der Waals surface area contributed by atoms with E-state index in [1.807, 2.05) is 44.2 Å². The summed E-state index contributed by atoms with van der Waals surface area (Å²) in [4.78, 5) is 19.3. The smallest absolute Gasteiger partial charge is 0.246 e. The highest BCUT2D eigenvalue weighted by Crippen LogP contribution is 2.10. The third kappa shape index (κ3) is 2.77. The Morgan fingerprint density at radius 1 is 1.44 bits per heavy atom. The van der Waals surface area contributed by atoms with Crippen molar-refractivity contribution in [2.75, 3.05) is 0 Å². The van der Waals surface area contributed by atoms with Crippen molar-refractivity contribution in [3.8, 4) is 0 Å². The second-order valence-electron chi connectivity index (χ2n) is 4.18. The highest BCUT2D eigenvalue weighted by Gasteiger charge is 2.05. The molecule has 18 heavy (non-hydrogen) atoms. The third-order valence-electron chi connectivity index (χ3n) is 2.72. The van der Waals surface area contributed by atoms with E-state index in [0.29, 0.717) is 6.54 Å². The largest absolute Gasteiger partial charge is 0.345 e. The van der Waals surface area contributed by atoms with Crippen LogP contribution in [0.1, 0.15) is 26.1 Å². The van der Waals surface area contributed by atoms with Crippen LogP contribution in [0.3, 0.4) is 0 Å². The SMILES string of the molecule is CCC=C(C)C(=O)NCc1nc2ccccc2[nH]1. The number of benzene rings is 1. The average molecular weight is 243 g/mol. The summed E-state index contributed by atoms with van der Waals surface area (Å²) in [7, 11) is 0. The second-order valence-corrected chi connectivity index (χ2v) is 4.18. The van der Waals surface area contributed by atoms with Crippen molar-refractivity contribution in [2.24, 2.45) is 0 Å². The van der Waals surface area contributed by atoms with Gasteiger partial charge in [0.1, 0.15) is 5.82 Å². The van der Waals surface area contributed by atoms with E-state index in [-0.39, 0.29) is 5.91 Å². The van der Waals surface area contributed by atoms with Crippen molar-refractivity contribution in [2.45, 2.75) is 26.8 Å². The molecule has 0 aliphatic heterocycles. The molecule has 1 amide bonds. The van der Waals surface area contributed by atoms with E-state index in [9.17, 15) is 4.79 Å². The van der Waals surface area contributed by atoms with Gasteiger partial charge in [-0.25, -0.2) is 4.98 Å². The van der Waals surface area contributed by atoms with E-state index < -0.39 is 0 Å². The molecule has 0 spiro atoms. The molecule has 1 aromatic heterocycles. The maximum Gasteiger partial charge on any atom is 0.246 e. The predicted molar refractivity (Wildman–Crippen MR) is 72.0 cm³/mol. The van der Waals surface area contributed by atoms with Gasteiger partial charge < -0.3 is 10.3 Å². The monoisotopic (exact) mass is 243 g/mol. The summed E-state index contributed by atoms with van der Waals surface area (Å²) in [5, 5.41) is 2.84. The first-order chi connectivity index (χ1) is 8.70. The molecule has 0 atom stereocenters. The number of fused-ring (bicyclic) bond motifs is 1. The molecule has 0 unspecified atom stereocenters. The lowest BCUT2D eigenvalue weighted by Gasteiger charge is -2.02. The number of aromatic nitrogens is 2. The Bertz CT molecular complexity index is 550. The number of allylic oxidation sites excluding steroid dienone is 1. The van der Waals surface area contributed by atoms with Crippen molar-refractivity contribution >= 4 is 16.9 Å². The molecule has 2 rings (SSSR count). The van der Waals surface area contributed by atoms with Crippen LogP contribution in [0.4, 0.5) is 0 Å². The maximum atomic E-state index is 11.7. The Balaban J connectivity index is 2.02. The summed E-state index contributed by atoms with van der Waals surface area (Å²) in [6.45, 7) is 4.25. The normalized spacial score (nSPS) is 11.8. The predicted octanol–water partition coefficient (Wildman–Crippen LogP) is 2.54. The molecule has 1 heterocycles. The van der Waals surface area contributed by atoms with E-state index >= 15 is 0 Å². The highest BCUT2D eigenvalue weighted by molar-refractivity contribution is 5.92. The lowest BCUT2D eigenvalue weighted by atomic mass is 10.2. The number of para-hydroxylation sites is 2. The van der Waals surface area contributed by atoms with Crippen LogP contribution in [0.2, 0.25) is 0 Å². The van der Waals surface area contributed by atoms with Crippen molar-refractivity contribution in [3.05, 3.63) is 41.7 Å². The number of hydrogen-bond donors (Lipinski definition) is 2. The number of aromatic amines is 1. The molecule has 1 aromatic carbocycles. The van der Waals surface area contributed by atoms with Crippen molar-refractivity contribution in [1.82, 2.24) is 15.3 Å². The summed E-state index contributed by atoms with van der Waals surface area (Å²) in [5.74, 6) is 0.728. The van der Waals surface area contributed by atoms with Crippen LogP contribution in [-0.2, 0) is 11.3 Å². The van der Waals surface area contributed by atoms with Crippen LogP contribution in [0.5, 0.6) is 0 Å². The molecule has 0 bridgehead atoms. The molecule has 0 saturated heterocycles. The Kier molecular flexibility index (Phi) is 3.77. The maximum absolute atomic E-state index is 11.7. The Morgan fingerprint density at radius 2 is 2.22 bits per heavy atom. The van der Waals surface area contributed by atoms with Gasteiger partial charge in [-0.15, -0.1) is 0 Å². The second kappa shape index (κ2) is 5.49. The van der Waals surface area contributed by atoms with E-state index in [0.717, 1.165) is 28.9 Å². The van der Waals surface area contributed by atoms with Crippen LogP contribution >= 0.6 is 0 Å². The first-order valence-electron chi connectivity index (χ1n) is 6.09. The zero-order valence-corrected chi connectivity index (χ0v) is 10.7. The minimum Gasteiger partial charge on any atom is -0.345 e. The summed E-state index contributed by atoms with van der Waals surface area (Å²) in [6, 6.07) is 7.81. The summed E-state index contributed by atoms with van der Waals surface area (Å²) >= 11 is 0. The van der Waals surface area contributed by atoms with Gasteiger partial charge in [0, 0.05) is 5.57 Å². The number of carbonyl (C=O) groups is 1. The van der Waals surface area contributed by atoms with Crippen molar-refractivity contribution in [3.63, 3.8) is 0 Å². The van der Waals surface area contributed by atoms with Crippen LogP contribution < -0.4 is 5.32 Å². The number of nitrogens with zero attached hydrogens (tertiary/aromatic N) is 1. The number of amides is 1. The fraction of sp³-hybridized carbons (Fsp3) is 0.286. The standard InChI is InChI=1S/C14H17N3O/c1-3-6-10(2)14(18)15-9-13-16-11-7-4-5-8-12(11)17-13/h4-8H,3,9H2,1-2H3,(H,15,18)(H,16,17). The molecular weight excluding hydrogens is 226 g/mol. The molecule has 0 fully saturated rings. The van der Waals surface area contributed by atoms with E-state index in [2.05, 4.69) is 15.3 Å². The molecule has 94 valence electrons. The Labute approximate surface area is 106 Å². The summed E-state index contributed by atoms with van der Waals surface area (Å²) in [6.07, 6.45) is 2.78.